The van der Waals surface area contributed by atoms with Gasteiger partial charge in [-0.15, -0.1) is 0 Å². The maximum atomic E-state index is 13.5. The van der Waals surface area contributed by atoms with Crippen molar-refractivity contribution in [1.29, 1.82) is 0 Å². The molecule has 32 heavy (non-hydrogen) atoms. The van der Waals surface area contributed by atoms with E-state index in [1.54, 1.807) is 0 Å². The van der Waals surface area contributed by atoms with Crippen LogP contribution in [0.4, 0.5) is 4.39 Å². The summed E-state index contributed by atoms with van der Waals surface area (Å²) in [5.74, 6) is 1.67. The van der Waals surface area contributed by atoms with E-state index in [1.165, 1.54) is 25.0 Å². The first-order valence-electron chi connectivity index (χ1n) is 11.9. The molecule has 0 radical (unpaired) electrons. The van der Waals surface area contributed by atoms with Gasteiger partial charge in [0.25, 0.3) is 0 Å². The van der Waals surface area contributed by atoms with Gasteiger partial charge in [0.05, 0.1) is 6.61 Å². The predicted octanol–water partition coefficient (Wildman–Crippen LogP) is 4.67. The van der Waals surface area contributed by atoms with E-state index in [2.05, 4.69) is 29.0 Å². The Morgan fingerprint density at radius 3 is 2.31 bits per heavy atom. The van der Waals surface area contributed by atoms with E-state index in [1.807, 2.05) is 24.3 Å². The van der Waals surface area contributed by atoms with E-state index >= 15 is 0 Å². The third-order valence-corrected chi connectivity index (χ3v) is 7.69. The summed E-state index contributed by atoms with van der Waals surface area (Å²) in [7, 11) is 2.16. The fourth-order valence-corrected chi connectivity index (χ4v) is 5.35. The summed E-state index contributed by atoms with van der Waals surface area (Å²) in [4.78, 5) is 17.7. The van der Waals surface area contributed by atoms with Gasteiger partial charge in [0.1, 0.15) is 11.6 Å². The van der Waals surface area contributed by atoms with Crippen LogP contribution in [0.15, 0.2) is 48.5 Å². The second-order valence-corrected chi connectivity index (χ2v) is 10.1. The third-order valence-electron chi connectivity index (χ3n) is 7.69. The van der Waals surface area contributed by atoms with E-state index in [4.69, 9.17) is 4.74 Å². The van der Waals surface area contributed by atoms with E-state index in [9.17, 15) is 9.18 Å². The smallest absolute Gasteiger partial charge is 0.223 e. The lowest BCUT2D eigenvalue weighted by Crippen LogP contribution is -2.47. The number of ether oxygens (including phenoxy) is 1. The van der Waals surface area contributed by atoms with Gasteiger partial charge >= 0.3 is 0 Å². The van der Waals surface area contributed by atoms with Crippen LogP contribution in [0.3, 0.4) is 0 Å². The number of hydrogen-bond acceptors (Lipinski definition) is 3. The Labute approximate surface area is 190 Å². The Kier molecular flexibility index (Phi) is 5.93. The highest BCUT2D eigenvalue weighted by atomic mass is 19.1. The minimum absolute atomic E-state index is 0.00525. The third kappa shape index (κ3) is 4.68. The molecule has 1 saturated carbocycles. The summed E-state index contributed by atoms with van der Waals surface area (Å²) in [6.07, 6.45) is 6.02. The molecule has 170 valence electrons. The number of benzene rings is 2. The van der Waals surface area contributed by atoms with Crippen molar-refractivity contribution < 1.29 is 13.9 Å². The monoisotopic (exact) mass is 436 g/mol. The summed E-state index contributed by atoms with van der Waals surface area (Å²) in [6.45, 7) is 3.47. The molecule has 0 bridgehead atoms. The second kappa shape index (κ2) is 8.86. The number of amides is 1. The summed E-state index contributed by atoms with van der Waals surface area (Å²) >= 11 is 0. The van der Waals surface area contributed by atoms with Crippen molar-refractivity contribution in [2.45, 2.75) is 51.1 Å². The molecule has 1 amide bonds. The van der Waals surface area contributed by atoms with Crippen LogP contribution in [0, 0.1) is 17.2 Å². The van der Waals surface area contributed by atoms with E-state index in [0.717, 1.165) is 61.8 Å². The normalized spacial score (nSPS) is 23.1. The van der Waals surface area contributed by atoms with Crippen LogP contribution in [-0.2, 0) is 17.8 Å². The molecule has 0 N–H and O–H groups in total. The zero-order chi connectivity index (χ0) is 22.1. The molecule has 1 aliphatic carbocycles. The van der Waals surface area contributed by atoms with Crippen LogP contribution in [-0.4, -0.2) is 48.5 Å². The molecule has 5 heteroatoms. The van der Waals surface area contributed by atoms with Crippen molar-refractivity contribution in [1.82, 2.24) is 9.80 Å². The van der Waals surface area contributed by atoms with Crippen LogP contribution in [0.1, 0.15) is 43.2 Å². The molecule has 1 spiro atoms. The Hall–Kier alpha value is -2.40. The van der Waals surface area contributed by atoms with E-state index in [-0.39, 0.29) is 23.2 Å². The Balaban J connectivity index is 1.34. The molecule has 2 aromatic carbocycles. The Morgan fingerprint density at radius 2 is 1.66 bits per heavy atom. The molecular weight excluding hydrogens is 403 g/mol. The average molecular weight is 437 g/mol. The first-order valence-corrected chi connectivity index (χ1v) is 11.9. The number of likely N-dealkylation sites (tertiary alicyclic amines) is 2. The van der Waals surface area contributed by atoms with Crippen LogP contribution in [0.5, 0.6) is 5.75 Å². The van der Waals surface area contributed by atoms with Gasteiger partial charge in [-0.3, -0.25) is 4.79 Å². The zero-order valence-electron chi connectivity index (χ0n) is 18.9. The molecule has 0 aromatic heterocycles. The molecular formula is C27H33FN2O2. The number of hydrogen-bond donors (Lipinski definition) is 0. The minimum atomic E-state index is -0.217. The van der Waals surface area contributed by atoms with E-state index < -0.39 is 0 Å². The van der Waals surface area contributed by atoms with Crippen molar-refractivity contribution in [2.24, 2.45) is 11.3 Å². The minimum Gasteiger partial charge on any atom is -0.493 e. The van der Waals surface area contributed by atoms with Gasteiger partial charge in [-0.1, -0.05) is 24.3 Å². The van der Waals surface area contributed by atoms with E-state index in [0.29, 0.717) is 13.0 Å². The molecule has 3 fully saturated rings. The lowest BCUT2D eigenvalue weighted by molar-refractivity contribution is -0.129. The first kappa shape index (κ1) is 21.4. The van der Waals surface area contributed by atoms with Crippen LogP contribution in [0.25, 0.3) is 0 Å². The number of rotatable bonds is 7. The molecule has 5 rings (SSSR count). The summed E-state index contributed by atoms with van der Waals surface area (Å²) in [5, 5.41) is 0. The van der Waals surface area contributed by atoms with Gasteiger partial charge in [-0.25, -0.2) is 4.39 Å². The predicted molar refractivity (Wildman–Crippen MR) is 123 cm³/mol. The highest BCUT2D eigenvalue weighted by molar-refractivity contribution is 5.80. The lowest BCUT2D eigenvalue weighted by atomic mass is 9.70. The second-order valence-electron chi connectivity index (χ2n) is 10.1. The van der Waals surface area contributed by atoms with Crippen molar-refractivity contribution >= 4 is 5.91 Å². The molecule has 2 saturated heterocycles. The number of halogens is 1. The number of piperidine rings is 1. The molecule has 4 nitrogen and oxygen atoms in total. The Bertz CT molecular complexity index is 931. The van der Waals surface area contributed by atoms with Crippen molar-refractivity contribution in [3.05, 3.63) is 65.5 Å². The molecule has 1 atom stereocenters. The maximum absolute atomic E-state index is 13.5. The quantitative estimate of drug-likeness (QED) is 0.632. The topological polar surface area (TPSA) is 32.8 Å². The summed E-state index contributed by atoms with van der Waals surface area (Å²) in [5.41, 5.74) is 2.23. The molecule has 2 heterocycles. The number of carbonyl (C=O) groups is 1. The largest absolute Gasteiger partial charge is 0.493 e. The van der Waals surface area contributed by atoms with Crippen LogP contribution < -0.4 is 4.74 Å². The van der Waals surface area contributed by atoms with Crippen molar-refractivity contribution in [3.8, 4) is 5.75 Å². The van der Waals surface area contributed by atoms with Gasteiger partial charge in [-0.05, 0) is 93.6 Å². The number of carbonyl (C=O) groups excluding carboxylic acids is 1. The fraction of sp³-hybridized carbons (Fsp3) is 0.519. The molecule has 1 unspecified atom stereocenters. The highest BCUT2D eigenvalue weighted by Crippen LogP contribution is 2.47. The number of nitrogens with zero attached hydrogens (tertiary/aromatic N) is 2. The molecule has 3 aliphatic rings. The Morgan fingerprint density at radius 1 is 1.00 bits per heavy atom. The van der Waals surface area contributed by atoms with Crippen LogP contribution in [0.2, 0.25) is 0 Å². The van der Waals surface area contributed by atoms with Gasteiger partial charge in [0.15, 0.2) is 0 Å². The summed E-state index contributed by atoms with van der Waals surface area (Å²) < 4.78 is 19.3. The fourth-order valence-electron chi connectivity index (χ4n) is 5.35. The van der Waals surface area contributed by atoms with Gasteiger partial charge in [0.2, 0.25) is 5.91 Å². The average Bonchev–Trinajstić information content (AvgIpc) is 3.59. The van der Waals surface area contributed by atoms with Crippen LogP contribution >= 0.6 is 0 Å². The molecule has 2 aromatic rings. The zero-order valence-corrected chi connectivity index (χ0v) is 18.9. The molecule has 2 aliphatic heterocycles. The van der Waals surface area contributed by atoms with Crippen molar-refractivity contribution in [3.63, 3.8) is 0 Å². The maximum Gasteiger partial charge on any atom is 0.223 e. The lowest BCUT2D eigenvalue weighted by Gasteiger charge is -2.43. The SMILES string of the molecule is CN1CCC2(CC1)CC(=O)N(Cc1ccc(OCC3CC3)cc1)C2Cc1ccc(F)cc1. The highest BCUT2D eigenvalue weighted by Gasteiger charge is 2.51. The standard InChI is InChI=1S/C27H33FN2O2/c1-29-14-12-27(13-15-29)17-26(31)30(25(27)16-20-4-8-23(28)9-5-20)18-21-6-10-24(11-7-21)32-19-22-2-3-22/h4-11,22,25H,2-3,12-19H2,1H3. The van der Waals surface area contributed by atoms with Gasteiger partial charge in [-0.2, -0.15) is 0 Å². The summed E-state index contributed by atoms with van der Waals surface area (Å²) in [6, 6.07) is 15.2. The van der Waals surface area contributed by atoms with Crippen molar-refractivity contribution in [2.75, 3.05) is 26.7 Å². The first-order chi connectivity index (χ1) is 15.5. The van der Waals surface area contributed by atoms with Gasteiger partial charge in [0, 0.05) is 24.4 Å². The van der Waals surface area contributed by atoms with Gasteiger partial charge < -0.3 is 14.5 Å².